The van der Waals surface area contributed by atoms with E-state index in [1.165, 1.54) is 11.3 Å². The summed E-state index contributed by atoms with van der Waals surface area (Å²) in [5.41, 5.74) is 0.816. The number of hydrogen-bond acceptors (Lipinski definition) is 4. The molecule has 0 radical (unpaired) electrons. The zero-order valence-corrected chi connectivity index (χ0v) is 9.37. The van der Waals surface area contributed by atoms with Crippen LogP contribution in [0, 0.1) is 0 Å². The number of aromatic carboxylic acids is 1. The first-order valence-corrected chi connectivity index (χ1v) is 5.50. The van der Waals surface area contributed by atoms with Crippen molar-refractivity contribution in [1.82, 2.24) is 5.32 Å². The summed E-state index contributed by atoms with van der Waals surface area (Å²) in [5.74, 6) is -1.03. The molecule has 14 heavy (non-hydrogen) atoms. The molecule has 2 N–H and O–H groups in total. The van der Waals surface area contributed by atoms with Gasteiger partial charge in [-0.15, -0.1) is 11.3 Å². The average Bonchev–Trinajstić information content (AvgIpc) is 2.42. The topological polar surface area (TPSA) is 66.4 Å². The lowest BCUT2D eigenvalue weighted by atomic mass is 10.1. The van der Waals surface area contributed by atoms with Crippen LogP contribution in [0.15, 0.2) is 3.79 Å². The van der Waals surface area contributed by atoms with E-state index >= 15 is 0 Å². The van der Waals surface area contributed by atoms with Gasteiger partial charge in [0, 0.05) is 12.1 Å². The van der Waals surface area contributed by atoms with Crippen LogP contribution in [0.1, 0.15) is 25.6 Å². The maximum absolute atomic E-state index is 11.4. The van der Waals surface area contributed by atoms with Crippen molar-refractivity contribution in [2.75, 3.05) is 6.54 Å². The number of ketones is 1. The number of nitrogens with one attached hydrogen (secondary N) is 1. The van der Waals surface area contributed by atoms with Gasteiger partial charge in [-0.05, 0) is 15.9 Å². The highest BCUT2D eigenvalue weighted by Crippen LogP contribution is 2.34. The number of carbonyl (C=O) groups is 2. The van der Waals surface area contributed by atoms with E-state index in [1.54, 1.807) is 0 Å². The third-order valence-corrected chi connectivity index (χ3v) is 3.96. The lowest BCUT2D eigenvalue weighted by molar-refractivity contribution is 0.0695. The van der Waals surface area contributed by atoms with Crippen LogP contribution in [0.25, 0.3) is 0 Å². The van der Waals surface area contributed by atoms with E-state index in [1.807, 2.05) is 0 Å². The first kappa shape index (κ1) is 9.82. The second-order valence-corrected chi connectivity index (χ2v) is 5.23. The van der Waals surface area contributed by atoms with E-state index < -0.39 is 5.97 Å². The predicted molar refractivity (Wildman–Crippen MR) is 55.0 cm³/mol. The molecular formula is C8H6BrNO3S. The van der Waals surface area contributed by atoms with Crippen LogP contribution < -0.4 is 5.32 Å². The quantitative estimate of drug-likeness (QED) is 0.815. The Morgan fingerprint density at radius 1 is 1.50 bits per heavy atom. The Morgan fingerprint density at radius 2 is 2.21 bits per heavy atom. The number of halogens is 1. The normalized spacial score (nSPS) is 15.4. The summed E-state index contributed by atoms with van der Waals surface area (Å²) in [6.07, 6.45) is 0. The second kappa shape index (κ2) is 3.45. The molecule has 74 valence electrons. The highest BCUT2D eigenvalue weighted by molar-refractivity contribution is 9.11. The number of carboxylic acid groups (broad SMARTS) is 1. The largest absolute Gasteiger partial charge is 0.478 e. The Bertz CT molecular complexity index is 426. The van der Waals surface area contributed by atoms with Crippen molar-refractivity contribution in [2.45, 2.75) is 6.54 Å². The molecule has 0 saturated carbocycles. The summed E-state index contributed by atoms with van der Waals surface area (Å²) in [4.78, 5) is 22.9. The van der Waals surface area contributed by atoms with Crippen molar-refractivity contribution in [3.63, 3.8) is 0 Å². The van der Waals surface area contributed by atoms with Crippen LogP contribution >= 0.6 is 27.3 Å². The Hall–Kier alpha value is -0.720. The second-order valence-electron chi connectivity index (χ2n) is 2.89. The summed E-state index contributed by atoms with van der Waals surface area (Å²) in [7, 11) is 0. The molecule has 1 aromatic rings. The fourth-order valence-corrected chi connectivity index (χ4v) is 3.29. The van der Waals surface area contributed by atoms with E-state index in [0.717, 1.165) is 0 Å². The Morgan fingerprint density at radius 3 is 2.86 bits per heavy atom. The molecule has 0 aromatic carbocycles. The maximum atomic E-state index is 11.4. The molecule has 0 amide bonds. The van der Waals surface area contributed by atoms with Gasteiger partial charge in [0.05, 0.1) is 20.8 Å². The van der Waals surface area contributed by atoms with Crippen LogP contribution in [-0.2, 0) is 6.54 Å². The predicted octanol–water partition coefficient (Wildman–Crippen LogP) is 1.49. The molecule has 0 atom stereocenters. The summed E-state index contributed by atoms with van der Waals surface area (Å²) >= 11 is 4.36. The number of carbonyl (C=O) groups excluding carboxylic acids is 1. The lowest BCUT2D eigenvalue weighted by Crippen LogP contribution is -2.29. The van der Waals surface area contributed by atoms with Gasteiger partial charge >= 0.3 is 5.97 Å². The molecule has 0 spiro atoms. The Balaban J connectivity index is 2.63. The summed E-state index contributed by atoms with van der Waals surface area (Å²) < 4.78 is 0.520. The van der Waals surface area contributed by atoms with Crippen LogP contribution in [0.5, 0.6) is 0 Å². The van der Waals surface area contributed by atoms with E-state index in [0.29, 0.717) is 27.3 Å². The number of rotatable bonds is 1. The molecule has 2 rings (SSSR count). The molecule has 0 aliphatic carbocycles. The number of thiophene rings is 1. The maximum Gasteiger partial charge on any atom is 0.338 e. The number of carboxylic acids is 1. The van der Waals surface area contributed by atoms with E-state index in [-0.39, 0.29) is 11.3 Å². The summed E-state index contributed by atoms with van der Waals surface area (Å²) in [6, 6.07) is 0. The zero-order chi connectivity index (χ0) is 10.3. The summed E-state index contributed by atoms with van der Waals surface area (Å²) in [5, 5.41) is 11.8. The summed E-state index contributed by atoms with van der Waals surface area (Å²) in [6.45, 7) is 0.740. The molecular weight excluding hydrogens is 270 g/mol. The fraction of sp³-hybridized carbons (Fsp3) is 0.250. The third kappa shape index (κ3) is 1.39. The molecule has 6 heteroatoms. The van der Waals surface area contributed by atoms with Gasteiger partial charge in [-0.25, -0.2) is 4.79 Å². The Kier molecular flexibility index (Phi) is 2.42. The minimum atomic E-state index is -0.995. The van der Waals surface area contributed by atoms with E-state index in [4.69, 9.17) is 5.11 Å². The van der Waals surface area contributed by atoms with Crippen molar-refractivity contribution < 1.29 is 14.7 Å². The van der Waals surface area contributed by atoms with Crippen LogP contribution in [0.2, 0.25) is 0 Å². The molecule has 0 bridgehead atoms. The first-order chi connectivity index (χ1) is 6.61. The van der Waals surface area contributed by atoms with Gasteiger partial charge in [-0.3, -0.25) is 4.79 Å². The molecule has 1 aliphatic heterocycles. The minimum Gasteiger partial charge on any atom is -0.478 e. The average molecular weight is 276 g/mol. The first-order valence-electron chi connectivity index (χ1n) is 3.89. The van der Waals surface area contributed by atoms with Gasteiger partial charge in [0.1, 0.15) is 0 Å². The van der Waals surface area contributed by atoms with Gasteiger partial charge < -0.3 is 10.4 Å². The molecule has 0 unspecified atom stereocenters. The highest BCUT2D eigenvalue weighted by Gasteiger charge is 2.27. The molecule has 0 saturated heterocycles. The van der Waals surface area contributed by atoms with E-state index in [2.05, 4.69) is 21.2 Å². The standard InChI is InChI=1S/C8H6BrNO3S/c9-7-5(8(12)13)3-1-10-2-4(11)6(3)14-7/h10H,1-2H2,(H,12,13). The molecule has 1 aromatic heterocycles. The van der Waals surface area contributed by atoms with Crippen LogP contribution in [0.3, 0.4) is 0 Å². The smallest absolute Gasteiger partial charge is 0.338 e. The third-order valence-electron chi connectivity index (χ3n) is 2.02. The van der Waals surface area contributed by atoms with Gasteiger partial charge in [0.2, 0.25) is 0 Å². The lowest BCUT2D eigenvalue weighted by Gasteiger charge is -2.11. The van der Waals surface area contributed by atoms with Crippen molar-refractivity contribution in [1.29, 1.82) is 0 Å². The van der Waals surface area contributed by atoms with Crippen molar-refractivity contribution in [2.24, 2.45) is 0 Å². The minimum absolute atomic E-state index is 0.0375. The van der Waals surface area contributed by atoms with Crippen LogP contribution in [0.4, 0.5) is 0 Å². The fourth-order valence-electron chi connectivity index (χ4n) is 1.42. The molecule has 4 nitrogen and oxygen atoms in total. The van der Waals surface area contributed by atoms with Crippen molar-refractivity contribution >= 4 is 39.0 Å². The SMILES string of the molecule is O=C1CNCc2c1sc(Br)c2C(=O)O. The Labute approximate surface area is 92.1 Å². The van der Waals surface area contributed by atoms with Crippen LogP contribution in [-0.4, -0.2) is 23.4 Å². The number of hydrogen-bond donors (Lipinski definition) is 2. The van der Waals surface area contributed by atoms with Gasteiger partial charge in [0.15, 0.2) is 5.78 Å². The molecule has 0 fully saturated rings. The molecule has 2 heterocycles. The van der Waals surface area contributed by atoms with Crippen molar-refractivity contribution in [3.8, 4) is 0 Å². The van der Waals surface area contributed by atoms with Gasteiger partial charge in [-0.2, -0.15) is 0 Å². The monoisotopic (exact) mass is 275 g/mol. The zero-order valence-electron chi connectivity index (χ0n) is 6.96. The molecule has 1 aliphatic rings. The van der Waals surface area contributed by atoms with Gasteiger partial charge in [0.25, 0.3) is 0 Å². The number of fused-ring (bicyclic) bond motifs is 1. The highest BCUT2D eigenvalue weighted by atomic mass is 79.9. The number of Topliss-reactive ketones (excluding diaryl/α,β-unsaturated/α-hetero) is 1. The van der Waals surface area contributed by atoms with Crippen molar-refractivity contribution in [3.05, 3.63) is 19.8 Å². The van der Waals surface area contributed by atoms with E-state index in [9.17, 15) is 9.59 Å². The van der Waals surface area contributed by atoms with Gasteiger partial charge in [-0.1, -0.05) is 0 Å².